The van der Waals surface area contributed by atoms with Crippen LogP contribution in [0.25, 0.3) is 16.3 Å². The third-order valence-corrected chi connectivity index (χ3v) is 7.12. The molecule has 8 nitrogen and oxygen atoms in total. The number of carbonyl (C=O) groups is 2. The standard InChI is InChI=1S/C28H21N3O5S/c1-16-13-17(2)24-22(14-16)37-28(29-24)30-25(19-9-6-10-20(15-19)31(35)36)23(26(33)27(30)34)21(32)12-11-18-7-4-3-5-8-18/h3-15,25,33H,1-2H3. The first-order chi connectivity index (χ1) is 17.7. The lowest BCUT2D eigenvalue weighted by molar-refractivity contribution is -0.384. The second-order valence-corrected chi connectivity index (χ2v) is 9.73. The van der Waals surface area contributed by atoms with Crippen LogP contribution in [-0.2, 0) is 9.59 Å². The molecular weight excluding hydrogens is 490 g/mol. The summed E-state index contributed by atoms with van der Waals surface area (Å²) >= 11 is 1.25. The maximum Gasteiger partial charge on any atom is 0.296 e. The Morgan fingerprint density at radius 2 is 1.86 bits per heavy atom. The Kier molecular flexibility index (Phi) is 6.14. The lowest BCUT2D eigenvalue weighted by Crippen LogP contribution is -2.30. The van der Waals surface area contributed by atoms with Gasteiger partial charge in [-0.25, -0.2) is 4.98 Å². The summed E-state index contributed by atoms with van der Waals surface area (Å²) in [5.74, 6) is -2.07. The quantitative estimate of drug-likeness (QED) is 0.193. The van der Waals surface area contributed by atoms with Gasteiger partial charge in [0.05, 0.1) is 26.8 Å². The number of aliphatic hydroxyl groups excluding tert-OH is 1. The van der Waals surface area contributed by atoms with Crippen molar-refractivity contribution in [1.29, 1.82) is 0 Å². The van der Waals surface area contributed by atoms with Gasteiger partial charge in [-0.2, -0.15) is 0 Å². The summed E-state index contributed by atoms with van der Waals surface area (Å²) in [5.41, 5.74) is 3.39. The number of amides is 1. The molecule has 0 radical (unpaired) electrons. The molecule has 0 saturated carbocycles. The molecule has 1 unspecified atom stereocenters. The largest absolute Gasteiger partial charge is 0.503 e. The minimum absolute atomic E-state index is 0.162. The Morgan fingerprint density at radius 1 is 1.11 bits per heavy atom. The Hall–Kier alpha value is -4.63. The summed E-state index contributed by atoms with van der Waals surface area (Å²) < 4.78 is 0.848. The van der Waals surface area contributed by atoms with Crippen molar-refractivity contribution >= 4 is 50.1 Å². The first kappa shape index (κ1) is 24.1. The maximum atomic E-state index is 13.4. The Morgan fingerprint density at radius 3 is 2.59 bits per heavy atom. The summed E-state index contributed by atoms with van der Waals surface area (Å²) in [7, 11) is 0. The van der Waals surface area contributed by atoms with E-state index < -0.39 is 28.4 Å². The van der Waals surface area contributed by atoms with Gasteiger partial charge in [0.25, 0.3) is 11.6 Å². The smallest absolute Gasteiger partial charge is 0.296 e. The number of aryl methyl sites for hydroxylation is 2. The van der Waals surface area contributed by atoms with Crippen LogP contribution in [0.3, 0.4) is 0 Å². The molecular formula is C28H21N3O5S. The van der Waals surface area contributed by atoms with E-state index in [0.29, 0.717) is 11.1 Å². The zero-order valence-corrected chi connectivity index (χ0v) is 20.7. The van der Waals surface area contributed by atoms with Gasteiger partial charge in [0, 0.05) is 12.1 Å². The summed E-state index contributed by atoms with van der Waals surface area (Å²) in [4.78, 5) is 43.6. The Bertz CT molecular complexity index is 1640. The fourth-order valence-electron chi connectivity index (χ4n) is 4.47. The van der Waals surface area contributed by atoms with Crippen molar-refractivity contribution in [2.75, 3.05) is 4.90 Å². The van der Waals surface area contributed by atoms with Crippen molar-refractivity contribution in [1.82, 2.24) is 4.98 Å². The fourth-order valence-corrected chi connectivity index (χ4v) is 5.63. The number of aliphatic hydroxyl groups is 1. The molecule has 37 heavy (non-hydrogen) atoms. The molecule has 0 aliphatic carbocycles. The summed E-state index contributed by atoms with van der Waals surface area (Å²) in [6.07, 6.45) is 2.87. The van der Waals surface area contributed by atoms with Crippen LogP contribution < -0.4 is 4.90 Å². The van der Waals surface area contributed by atoms with Crippen LogP contribution in [0.5, 0.6) is 0 Å². The normalized spacial score (nSPS) is 15.8. The zero-order valence-electron chi connectivity index (χ0n) is 19.9. The highest BCUT2D eigenvalue weighted by atomic mass is 32.1. The van der Waals surface area contributed by atoms with Crippen molar-refractivity contribution in [3.05, 3.63) is 117 Å². The number of fused-ring (bicyclic) bond motifs is 1. The van der Waals surface area contributed by atoms with Gasteiger partial charge in [0.2, 0.25) is 0 Å². The van der Waals surface area contributed by atoms with Crippen LogP contribution in [0.15, 0.2) is 84.1 Å². The van der Waals surface area contributed by atoms with Crippen LogP contribution in [0.1, 0.15) is 28.3 Å². The third kappa shape index (κ3) is 4.41. The van der Waals surface area contributed by atoms with Gasteiger partial charge in [-0.1, -0.05) is 65.9 Å². The van der Waals surface area contributed by atoms with Crippen LogP contribution in [0.2, 0.25) is 0 Å². The molecule has 1 aliphatic heterocycles. The van der Waals surface area contributed by atoms with E-state index in [2.05, 4.69) is 4.98 Å². The van der Waals surface area contributed by atoms with Gasteiger partial charge in [-0.05, 0) is 48.2 Å². The molecule has 2 heterocycles. The van der Waals surface area contributed by atoms with Crippen molar-refractivity contribution in [3.8, 4) is 0 Å². The number of rotatable bonds is 6. The van der Waals surface area contributed by atoms with Crippen molar-refractivity contribution in [2.24, 2.45) is 0 Å². The average molecular weight is 512 g/mol. The number of hydrogen-bond acceptors (Lipinski definition) is 7. The van der Waals surface area contributed by atoms with E-state index in [0.717, 1.165) is 21.4 Å². The maximum absolute atomic E-state index is 13.4. The molecule has 1 aromatic heterocycles. The zero-order chi connectivity index (χ0) is 26.3. The second kappa shape index (κ2) is 9.44. The number of allylic oxidation sites excluding steroid dienone is 1. The fraction of sp³-hybridized carbons (Fsp3) is 0.107. The molecule has 0 saturated heterocycles. The molecule has 1 atom stereocenters. The monoisotopic (exact) mass is 511 g/mol. The van der Waals surface area contributed by atoms with Gasteiger partial charge in [0.1, 0.15) is 0 Å². The molecule has 184 valence electrons. The van der Waals surface area contributed by atoms with E-state index in [1.54, 1.807) is 12.1 Å². The number of carbonyl (C=O) groups excluding carboxylic acids is 2. The number of non-ortho nitro benzene ring substituents is 1. The van der Waals surface area contributed by atoms with Gasteiger partial charge < -0.3 is 5.11 Å². The second-order valence-electron chi connectivity index (χ2n) is 8.73. The average Bonchev–Trinajstić information content (AvgIpc) is 3.42. The summed E-state index contributed by atoms with van der Waals surface area (Å²) in [6, 6.07) is 17.7. The number of aromatic nitrogens is 1. The molecule has 9 heteroatoms. The van der Waals surface area contributed by atoms with Crippen molar-refractivity contribution in [3.63, 3.8) is 0 Å². The first-order valence-corrected chi connectivity index (χ1v) is 12.2. The highest BCUT2D eigenvalue weighted by Gasteiger charge is 2.45. The summed E-state index contributed by atoms with van der Waals surface area (Å²) in [5, 5.41) is 22.7. The number of nitro groups is 1. The number of anilines is 1. The van der Waals surface area contributed by atoms with E-state index in [1.165, 1.54) is 40.5 Å². The highest BCUT2D eigenvalue weighted by molar-refractivity contribution is 7.22. The van der Waals surface area contributed by atoms with Crippen molar-refractivity contribution in [2.45, 2.75) is 19.9 Å². The van der Waals surface area contributed by atoms with Gasteiger partial charge >= 0.3 is 0 Å². The number of benzene rings is 3. The topological polar surface area (TPSA) is 114 Å². The number of hydrogen-bond donors (Lipinski definition) is 1. The van der Waals surface area contributed by atoms with Crippen LogP contribution in [0.4, 0.5) is 10.8 Å². The molecule has 1 N–H and O–H groups in total. The molecule has 5 rings (SSSR count). The van der Waals surface area contributed by atoms with E-state index in [-0.39, 0.29) is 16.4 Å². The lowest BCUT2D eigenvalue weighted by Gasteiger charge is -2.24. The van der Waals surface area contributed by atoms with E-state index >= 15 is 0 Å². The molecule has 0 bridgehead atoms. The molecule has 0 fully saturated rings. The molecule has 3 aromatic carbocycles. The predicted octanol–water partition coefficient (Wildman–Crippen LogP) is 6.00. The first-order valence-electron chi connectivity index (χ1n) is 11.4. The van der Waals surface area contributed by atoms with Gasteiger partial charge in [-0.15, -0.1) is 0 Å². The Balaban J connectivity index is 1.65. The van der Waals surface area contributed by atoms with E-state index in [4.69, 9.17) is 0 Å². The van der Waals surface area contributed by atoms with Gasteiger partial charge in [0.15, 0.2) is 16.7 Å². The molecule has 4 aromatic rings. The predicted molar refractivity (Wildman–Crippen MR) is 143 cm³/mol. The van der Waals surface area contributed by atoms with Crippen LogP contribution >= 0.6 is 11.3 Å². The number of nitro benzene ring substituents is 1. The number of nitrogens with zero attached hydrogens (tertiary/aromatic N) is 3. The van der Waals surface area contributed by atoms with Gasteiger partial charge in [-0.3, -0.25) is 24.6 Å². The van der Waals surface area contributed by atoms with Crippen LogP contribution in [-0.4, -0.2) is 26.7 Å². The number of ketones is 1. The van der Waals surface area contributed by atoms with E-state index in [1.807, 2.05) is 56.3 Å². The molecule has 1 aliphatic rings. The summed E-state index contributed by atoms with van der Waals surface area (Å²) in [6.45, 7) is 3.88. The molecule has 0 spiro atoms. The lowest BCUT2D eigenvalue weighted by atomic mass is 9.95. The minimum atomic E-state index is -1.10. The SMILES string of the molecule is Cc1cc(C)c2nc(N3C(=O)C(O)=C(C(=O)C=Cc4ccccc4)C3c3cccc([N+](=O)[O-])c3)sc2c1. The molecule has 1 amide bonds. The third-order valence-electron chi connectivity index (χ3n) is 6.12. The number of thiazole rings is 1. The van der Waals surface area contributed by atoms with E-state index in [9.17, 15) is 24.8 Å². The minimum Gasteiger partial charge on any atom is -0.503 e. The highest BCUT2D eigenvalue weighted by Crippen LogP contribution is 2.44. The van der Waals surface area contributed by atoms with Crippen LogP contribution in [0, 0.1) is 24.0 Å². The Labute approximate surface area is 216 Å². The van der Waals surface area contributed by atoms with Crippen molar-refractivity contribution < 1.29 is 19.6 Å².